The second-order valence-corrected chi connectivity index (χ2v) is 7.43. The molecule has 0 unspecified atom stereocenters. The number of phosphoric ester groups is 1. The molecule has 0 spiro atoms. The second-order valence-electron chi connectivity index (χ2n) is 6.19. The average molecular weight is 431 g/mol. The second kappa shape index (κ2) is 9.52. The van der Waals surface area contributed by atoms with Gasteiger partial charge in [0, 0.05) is 31.2 Å². The predicted molar refractivity (Wildman–Crippen MR) is 106 cm³/mol. The van der Waals surface area contributed by atoms with Crippen molar-refractivity contribution in [1.29, 1.82) is 0 Å². The van der Waals surface area contributed by atoms with Gasteiger partial charge < -0.3 is 19.0 Å². The normalized spacial score (nSPS) is 11.2. The third-order valence-corrected chi connectivity index (χ3v) is 4.43. The molecule has 3 heterocycles. The fourth-order valence-corrected chi connectivity index (χ4v) is 2.84. The molecule has 11 heteroatoms. The Morgan fingerprint density at radius 3 is 2.87 bits per heavy atom. The van der Waals surface area contributed by atoms with Gasteiger partial charge in [-0.2, -0.15) is 0 Å². The number of pyridine rings is 2. The van der Waals surface area contributed by atoms with Crippen LogP contribution >= 0.6 is 7.82 Å². The monoisotopic (exact) mass is 431 g/mol. The zero-order chi connectivity index (χ0) is 21.6. The van der Waals surface area contributed by atoms with Crippen LogP contribution in [0.25, 0.3) is 11.3 Å². The van der Waals surface area contributed by atoms with Crippen LogP contribution in [0.2, 0.25) is 0 Å². The minimum absolute atomic E-state index is 0.212. The number of hydrogen-bond acceptors (Lipinski definition) is 7. The molecule has 0 saturated heterocycles. The van der Waals surface area contributed by atoms with Crippen LogP contribution in [0.5, 0.6) is 5.88 Å². The number of nitrogens with two attached hydrogens (primary N) is 1. The van der Waals surface area contributed by atoms with Gasteiger partial charge >= 0.3 is 7.82 Å². The lowest BCUT2D eigenvalue weighted by atomic mass is 10.1. The first-order valence-electron chi connectivity index (χ1n) is 8.81. The summed E-state index contributed by atoms with van der Waals surface area (Å²) in [6, 6.07) is 8.72. The van der Waals surface area contributed by atoms with E-state index in [4.69, 9.17) is 31.2 Å². The summed E-state index contributed by atoms with van der Waals surface area (Å²) in [6.45, 7) is -0.000429. The molecule has 0 amide bonds. The molecule has 0 saturated carbocycles. The molecular formula is C19H20N4O6P+. The molecule has 0 aromatic carbocycles. The maximum atomic E-state index is 10.9. The maximum Gasteiger partial charge on any atom is 0.472 e. The van der Waals surface area contributed by atoms with Gasteiger partial charge in [0.05, 0.1) is 11.9 Å². The molecule has 0 aliphatic rings. The van der Waals surface area contributed by atoms with Crippen LogP contribution in [0, 0.1) is 12.3 Å². The van der Waals surface area contributed by atoms with Crippen molar-refractivity contribution in [3.05, 3.63) is 54.0 Å². The van der Waals surface area contributed by atoms with Crippen LogP contribution in [-0.2, 0) is 22.2 Å². The number of rotatable bonds is 9. The molecule has 4 N–H and O–H groups in total. The van der Waals surface area contributed by atoms with Gasteiger partial charge in [-0.25, -0.2) is 18.6 Å². The number of nitrogen functional groups attached to an aromatic ring is 1. The van der Waals surface area contributed by atoms with Crippen molar-refractivity contribution in [2.75, 3.05) is 12.3 Å². The first-order chi connectivity index (χ1) is 14.4. The molecular weight excluding hydrogens is 411 g/mol. The standard InChI is InChI=1S/C19H19N4O6P/c1-2-3-9-27-18-7-6-14(12-21-18)10-15-11-17(29-22-15)16-5-4-8-23(19(16)20)13-28-30(24,25)26/h1,4-8,11-12,20H,3,9-10,13H2,(H2,24,25,26)/p+1. The van der Waals surface area contributed by atoms with E-state index in [-0.39, 0.29) is 5.82 Å². The van der Waals surface area contributed by atoms with Crippen LogP contribution in [-0.4, -0.2) is 26.5 Å². The summed E-state index contributed by atoms with van der Waals surface area (Å²) in [5.74, 6) is 3.61. The number of terminal acetylenes is 1. The fourth-order valence-electron chi connectivity index (χ4n) is 2.57. The number of ether oxygens (including phenoxy) is 1. The molecule has 156 valence electrons. The van der Waals surface area contributed by atoms with Gasteiger partial charge in [-0.05, 0) is 17.7 Å². The van der Waals surface area contributed by atoms with E-state index >= 15 is 0 Å². The van der Waals surface area contributed by atoms with Gasteiger partial charge in [0.15, 0.2) is 5.76 Å². The highest BCUT2D eigenvalue weighted by Gasteiger charge is 2.20. The lowest BCUT2D eigenvalue weighted by molar-refractivity contribution is -0.711. The lowest BCUT2D eigenvalue weighted by Crippen LogP contribution is -2.38. The number of anilines is 1. The minimum atomic E-state index is -4.62. The maximum absolute atomic E-state index is 10.9. The lowest BCUT2D eigenvalue weighted by Gasteiger charge is -2.07. The molecule has 0 aliphatic carbocycles. The highest BCUT2D eigenvalue weighted by molar-refractivity contribution is 7.46. The average Bonchev–Trinajstić information content (AvgIpc) is 3.16. The van der Waals surface area contributed by atoms with Gasteiger partial charge in [0.1, 0.15) is 12.2 Å². The summed E-state index contributed by atoms with van der Waals surface area (Å²) in [4.78, 5) is 21.9. The van der Waals surface area contributed by atoms with Gasteiger partial charge in [-0.15, -0.1) is 12.3 Å². The summed E-state index contributed by atoms with van der Waals surface area (Å²) < 4.78 is 27.5. The summed E-state index contributed by atoms with van der Waals surface area (Å²) >= 11 is 0. The summed E-state index contributed by atoms with van der Waals surface area (Å²) in [6.07, 6.45) is 9.39. The molecule has 3 rings (SSSR count). The van der Waals surface area contributed by atoms with Crippen molar-refractivity contribution in [2.45, 2.75) is 19.6 Å². The predicted octanol–water partition coefficient (Wildman–Crippen LogP) is 1.67. The van der Waals surface area contributed by atoms with Crippen LogP contribution in [0.4, 0.5) is 5.82 Å². The van der Waals surface area contributed by atoms with E-state index in [0.29, 0.717) is 42.3 Å². The Balaban J connectivity index is 1.69. The Morgan fingerprint density at radius 1 is 1.33 bits per heavy atom. The van der Waals surface area contributed by atoms with Gasteiger partial charge in [0.25, 0.3) is 5.82 Å². The highest BCUT2D eigenvalue weighted by atomic mass is 31.2. The number of hydrogen-bond donors (Lipinski definition) is 3. The van der Waals surface area contributed by atoms with Crippen LogP contribution < -0.4 is 15.0 Å². The molecule has 3 aromatic heterocycles. The van der Waals surface area contributed by atoms with E-state index in [1.165, 1.54) is 10.8 Å². The summed E-state index contributed by atoms with van der Waals surface area (Å²) in [5.41, 5.74) is 8.16. The van der Waals surface area contributed by atoms with Crippen LogP contribution in [0.3, 0.4) is 0 Å². The van der Waals surface area contributed by atoms with Crippen molar-refractivity contribution >= 4 is 13.6 Å². The number of nitrogens with zero attached hydrogens (tertiary/aromatic N) is 3. The van der Waals surface area contributed by atoms with Crippen molar-refractivity contribution in [2.24, 2.45) is 0 Å². The topological polar surface area (TPSA) is 145 Å². The largest absolute Gasteiger partial charge is 0.477 e. The molecule has 0 bridgehead atoms. The van der Waals surface area contributed by atoms with Gasteiger partial charge in [0.2, 0.25) is 12.6 Å². The Kier molecular flexibility index (Phi) is 6.82. The van der Waals surface area contributed by atoms with Crippen molar-refractivity contribution in [3.8, 4) is 29.5 Å². The van der Waals surface area contributed by atoms with E-state index in [9.17, 15) is 4.57 Å². The molecule has 0 aliphatic heterocycles. The molecule has 30 heavy (non-hydrogen) atoms. The number of aromatic nitrogens is 3. The van der Waals surface area contributed by atoms with E-state index in [1.807, 2.05) is 6.07 Å². The first-order valence-corrected chi connectivity index (χ1v) is 10.3. The van der Waals surface area contributed by atoms with Gasteiger partial charge in [-0.1, -0.05) is 11.2 Å². The number of phosphoric acid groups is 1. The van der Waals surface area contributed by atoms with Crippen molar-refractivity contribution in [3.63, 3.8) is 0 Å². The quantitative estimate of drug-likeness (QED) is 0.199. The minimum Gasteiger partial charge on any atom is -0.477 e. The zero-order valence-corrected chi connectivity index (χ0v) is 16.7. The Hall–Kier alpha value is -3.22. The van der Waals surface area contributed by atoms with Crippen molar-refractivity contribution < 1.29 is 32.7 Å². The SMILES string of the molecule is C#CCCOc1ccc(Cc2cc(-c3ccc[n+](COP(=O)(O)O)c3N)on2)cn1. The van der Waals surface area contributed by atoms with Crippen LogP contribution in [0.15, 0.2) is 47.2 Å². The van der Waals surface area contributed by atoms with Crippen LogP contribution in [0.1, 0.15) is 17.7 Å². The molecule has 0 radical (unpaired) electrons. The van der Waals surface area contributed by atoms with E-state index in [0.717, 1.165) is 5.56 Å². The van der Waals surface area contributed by atoms with E-state index < -0.39 is 14.6 Å². The van der Waals surface area contributed by atoms with Gasteiger partial charge in [-0.3, -0.25) is 5.73 Å². The fraction of sp³-hybridized carbons (Fsp3) is 0.211. The summed E-state index contributed by atoms with van der Waals surface area (Å²) in [7, 11) is -4.62. The Bertz CT molecular complexity index is 1090. The zero-order valence-electron chi connectivity index (χ0n) is 15.8. The van der Waals surface area contributed by atoms with Crippen molar-refractivity contribution in [1.82, 2.24) is 10.1 Å². The highest BCUT2D eigenvalue weighted by Crippen LogP contribution is 2.35. The molecule has 0 fully saturated rings. The molecule has 0 atom stereocenters. The summed E-state index contributed by atoms with van der Waals surface area (Å²) in [5, 5.41) is 4.05. The smallest absolute Gasteiger partial charge is 0.472 e. The third kappa shape index (κ3) is 5.89. The molecule has 3 aromatic rings. The first kappa shape index (κ1) is 21.5. The third-order valence-electron chi connectivity index (χ3n) is 3.98. The Labute approximate surface area is 172 Å². The van der Waals surface area contributed by atoms with E-state index in [1.54, 1.807) is 30.5 Å². The Morgan fingerprint density at radius 2 is 2.17 bits per heavy atom. The van der Waals surface area contributed by atoms with E-state index in [2.05, 4.69) is 20.6 Å². The molecule has 10 nitrogen and oxygen atoms in total.